The maximum absolute atomic E-state index is 12.7. The van der Waals surface area contributed by atoms with E-state index >= 15 is 0 Å². The van der Waals surface area contributed by atoms with Crippen molar-refractivity contribution in [2.24, 2.45) is 0 Å². The number of aliphatic hydroxyl groups is 1. The molecule has 3 rings (SSSR count). The van der Waals surface area contributed by atoms with Crippen LogP contribution >= 0.6 is 0 Å². The van der Waals surface area contributed by atoms with E-state index in [0.29, 0.717) is 13.0 Å². The third-order valence-corrected chi connectivity index (χ3v) is 6.34. The highest BCUT2D eigenvalue weighted by Gasteiger charge is 2.26. The first-order valence-corrected chi connectivity index (χ1v) is 10.4. The molecule has 1 heterocycles. The van der Waals surface area contributed by atoms with Crippen molar-refractivity contribution in [1.29, 1.82) is 0 Å². The smallest absolute Gasteiger partial charge is 0.240 e. The summed E-state index contributed by atoms with van der Waals surface area (Å²) >= 11 is 0. The van der Waals surface area contributed by atoms with E-state index in [1.807, 2.05) is 30.3 Å². The Labute approximate surface area is 159 Å². The second-order valence-corrected chi connectivity index (χ2v) is 8.61. The molecule has 0 spiro atoms. The highest BCUT2D eigenvalue weighted by atomic mass is 32.2. The molecule has 27 heavy (non-hydrogen) atoms. The van der Waals surface area contributed by atoms with E-state index < -0.39 is 22.2 Å². The molecule has 1 amide bonds. The lowest BCUT2D eigenvalue weighted by molar-refractivity contribution is -0.116. The number of nitrogens with zero attached hydrogens (tertiary/aromatic N) is 1. The van der Waals surface area contributed by atoms with E-state index in [-0.39, 0.29) is 17.2 Å². The molecular weight excluding hydrogens is 364 g/mol. The number of hydrogen-bond donors (Lipinski definition) is 2. The number of fused-ring (bicyclic) bond motifs is 1. The zero-order valence-corrected chi connectivity index (χ0v) is 16.2. The number of carbonyl (C=O) groups excluding carboxylic acids is 1. The molecule has 2 aromatic carbocycles. The summed E-state index contributed by atoms with van der Waals surface area (Å²) in [7, 11) is -3.71. The van der Waals surface area contributed by atoms with E-state index in [9.17, 15) is 18.3 Å². The molecule has 0 unspecified atom stereocenters. The fourth-order valence-corrected chi connectivity index (χ4v) is 4.71. The fourth-order valence-electron chi connectivity index (χ4n) is 3.40. The van der Waals surface area contributed by atoms with Gasteiger partial charge in [-0.1, -0.05) is 30.3 Å². The summed E-state index contributed by atoms with van der Waals surface area (Å²) in [5, 5.41) is 10.3. The van der Waals surface area contributed by atoms with Gasteiger partial charge in [-0.2, -0.15) is 0 Å². The average molecular weight is 388 g/mol. The number of hydrogen-bond acceptors (Lipinski definition) is 4. The first-order valence-electron chi connectivity index (χ1n) is 8.94. The van der Waals surface area contributed by atoms with Crippen LogP contribution in [0.3, 0.4) is 0 Å². The molecule has 2 N–H and O–H groups in total. The molecule has 144 valence electrons. The normalized spacial score (nSPS) is 16.0. The molecule has 0 aromatic heterocycles. The van der Waals surface area contributed by atoms with E-state index in [0.717, 1.165) is 16.8 Å². The first-order chi connectivity index (χ1) is 12.8. The van der Waals surface area contributed by atoms with Crippen LogP contribution in [-0.4, -0.2) is 32.0 Å². The Kier molecular flexibility index (Phi) is 5.64. The van der Waals surface area contributed by atoms with Crippen LogP contribution in [0.15, 0.2) is 53.4 Å². The minimum Gasteiger partial charge on any atom is -0.388 e. The van der Waals surface area contributed by atoms with Gasteiger partial charge in [0.15, 0.2) is 0 Å². The van der Waals surface area contributed by atoms with Gasteiger partial charge in [0, 0.05) is 25.2 Å². The Bertz CT molecular complexity index is 928. The number of anilines is 1. The molecule has 0 saturated heterocycles. The number of amides is 1. The van der Waals surface area contributed by atoms with Crippen molar-refractivity contribution in [1.82, 2.24) is 4.72 Å². The van der Waals surface area contributed by atoms with Crippen LogP contribution in [0.5, 0.6) is 0 Å². The Morgan fingerprint density at radius 3 is 2.59 bits per heavy atom. The van der Waals surface area contributed by atoms with Gasteiger partial charge in [0.1, 0.15) is 0 Å². The molecule has 7 heteroatoms. The lowest BCUT2D eigenvalue weighted by Crippen LogP contribution is -2.33. The summed E-state index contributed by atoms with van der Waals surface area (Å²) in [5.74, 6) is -0.0500. The number of sulfonamides is 1. The largest absolute Gasteiger partial charge is 0.388 e. The van der Waals surface area contributed by atoms with E-state index in [4.69, 9.17) is 0 Å². The molecule has 0 radical (unpaired) electrons. The maximum Gasteiger partial charge on any atom is 0.240 e. The third-order valence-electron chi connectivity index (χ3n) is 4.75. The third kappa shape index (κ3) is 4.37. The molecule has 2 atom stereocenters. The second kappa shape index (κ2) is 7.80. The van der Waals surface area contributed by atoms with Crippen molar-refractivity contribution in [2.75, 3.05) is 11.4 Å². The summed E-state index contributed by atoms with van der Waals surface area (Å²) in [6, 6.07) is 13.5. The van der Waals surface area contributed by atoms with Crippen LogP contribution in [0.1, 0.15) is 37.5 Å². The molecule has 0 aliphatic carbocycles. The molecule has 0 fully saturated rings. The quantitative estimate of drug-likeness (QED) is 0.796. The number of nitrogens with one attached hydrogen (secondary N) is 1. The number of benzene rings is 2. The summed E-state index contributed by atoms with van der Waals surface area (Å²) in [6.45, 7) is 3.80. The lowest BCUT2D eigenvalue weighted by atomic mass is 10.0. The van der Waals surface area contributed by atoms with Gasteiger partial charge < -0.3 is 10.0 Å². The average Bonchev–Trinajstić information content (AvgIpc) is 3.05. The van der Waals surface area contributed by atoms with Gasteiger partial charge in [0.25, 0.3) is 0 Å². The van der Waals surface area contributed by atoms with Crippen molar-refractivity contribution in [3.05, 3.63) is 59.7 Å². The Morgan fingerprint density at radius 1 is 1.22 bits per heavy atom. The predicted octanol–water partition coefficient (Wildman–Crippen LogP) is 2.39. The molecule has 1 aliphatic heterocycles. The van der Waals surface area contributed by atoms with Gasteiger partial charge >= 0.3 is 0 Å². The first kappa shape index (κ1) is 19.5. The Morgan fingerprint density at radius 2 is 1.93 bits per heavy atom. The second-order valence-electron chi connectivity index (χ2n) is 6.90. The van der Waals surface area contributed by atoms with Crippen LogP contribution in [0.25, 0.3) is 0 Å². The molecule has 0 saturated carbocycles. The van der Waals surface area contributed by atoms with Crippen LogP contribution in [0.2, 0.25) is 0 Å². The van der Waals surface area contributed by atoms with Gasteiger partial charge in [0.05, 0.1) is 11.0 Å². The lowest BCUT2D eigenvalue weighted by Gasteiger charge is -2.19. The summed E-state index contributed by atoms with van der Waals surface area (Å²) in [5.41, 5.74) is 2.38. The van der Waals surface area contributed by atoms with Crippen molar-refractivity contribution < 1.29 is 18.3 Å². The molecule has 0 bridgehead atoms. The number of rotatable bonds is 6. The topological polar surface area (TPSA) is 86.7 Å². The van der Waals surface area contributed by atoms with Gasteiger partial charge in [-0.05, 0) is 49.1 Å². The van der Waals surface area contributed by atoms with Crippen molar-refractivity contribution in [2.45, 2.75) is 43.7 Å². The highest BCUT2D eigenvalue weighted by Crippen LogP contribution is 2.30. The van der Waals surface area contributed by atoms with Gasteiger partial charge in [-0.3, -0.25) is 4.79 Å². The summed E-state index contributed by atoms with van der Waals surface area (Å²) in [6.07, 6.45) is 0.167. The van der Waals surface area contributed by atoms with Gasteiger partial charge in [0.2, 0.25) is 15.9 Å². The van der Waals surface area contributed by atoms with Gasteiger partial charge in [-0.15, -0.1) is 0 Å². The van der Waals surface area contributed by atoms with Crippen molar-refractivity contribution in [3.8, 4) is 0 Å². The van der Waals surface area contributed by atoms with Crippen LogP contribution in [0, 0.1) is 0 Å². The number of aliphatic hydroxyl groups excluding tert-OH is 1. The van der Waals surface area contributed by atoms with Crippen molar-refractivity contribution in [3.63, 3.8) is 0 Å². The molecular formula is C20H24N2O4S. The zero-order valence-electron chi connectivity index (χ0n) is 15.4. The highest BCUT2D eigenvalue weighted by molar-refractivity contribution is 7.89. The molecule has 1 aliphatic rings. The van der Waals surface area contributed by atoms with Crippen LogP contribution < -0.4 is 9.62 Å². The SMILES string of the molecule is CC(=O)N1CCc2cc(S(=O)(=O)N[C@H](C)C[C@H](O)c3ccccc3)ccc21. The Hall–Kier alpha value is -2.22. The van der Waals surface area contributed by atoms with E-state index in [2.05, 4.69) is 4.72 Å². The Balaban J connectivity index is 1.71. The maximum atomic E-state index is 12.7. The minimum absolute atomic E-state index is 0.0500. The summed E-state index contributed by atoms with van der Waals surface area (Å²) in [4.78, 5) is 13.5. The van der Waals surface area contributed by atoms with Crippen LogP contribution in [0.4, 0.5) is 5.69 Å². The molecule has 6 nitrogen and oxygen atoms in total. The van der Waals surface area contributed by atoms with E-state index in [1.165, 1.54) is 13.0 Å². The van der Waals surface area contributed by atoms with Crippen LogP contribution in [-0.2, 0) is 21.2 Å². The van der Waals surface area contributed by atoms with Gasteiger partial charge in [-0.25, -0.2) is 13.1 Å². The fraction of sp³-hybridized carbons (Fsp3) is 0.350. The molecule has 2 aromatic rings. The predicted molar refractivity (Wildman–Crippen MR) is 104 cm³/mol. The minimum atomic E-state index is -3.71. The monoisotopic (exact) mass is 388 g/mol. The standard InChI is InChI=1S/C20H24N2O4S/c1-14(12-20(24)16-6-4-3-5-7-16)21-27(25,26)18-8-9-19-17(13-18)10-11-22(19)15(2)23/h3-9,13-14,20-21,24H,10-12H2,1-2H3/t14-,20+/m1/s1. The van der Waals surface area contributed by atoms with E-state index in [1.54, 1.807) is 24.0 Å². The zero-order chi connectivity index (χ0) is 19.6. The number of carbonyl (C=O) groups is 1. The van der Waals surface area contributed by atoms with Crippen molar-refractivity contribution >= 4 is 21.6 Å². The summed E-state index contributed by atoms with van der Waals surface area (Å²) < 4.78 is 28.0.